The van der Waals surface area contributed by atoms with Crippen molar-refractivity contribution in [1.29, 1.82) is 0 Å². The molecular weight excluding hydrogens is 278 g/mol. The fourth-order valence-corrected chi connectivity index (χ4v) is 2.04. The molecule has 1 aromatic rings. The molecule has 0 amide bonds. The zero-order valence-corrected chi connectivity index (χ0v) is 12.5. The number of methoxy groups -OCH3 is 1. The molecule has 0 saturated heterocycles. The van der Waals surface area contributed by atoms with Crippen molar-refractivity contribution in [1.82, 2.24) is 4.07 Å². The van der Waals surface area contributed by atoms with Gasteiger partial charge in [-0.05, 0) is 17.5 Å². The predicted molar refractivity (Wildman–Crippen MR) is 79.3 cm³/mol. The Hall–Kier alpha value is -2.02. The van der Waals surface area contributed by atoms with Crippen molar-refractivity contribution in [2.24, 2.45) is 16.0 Å². The maximum atomic E-state index is 12.0. The summed E-state index contributed by atoms with van der Waals surface area (Å²) < 4.78 is 5.94. The summed E-state index contributed by atoms with van der Waals surface area (Å²) in [6, 6.07) is 1.21. The normalized spacial score (nSPS) is 12.1. The van der Waals surface area contributed by atoms with Gasteiger partial charge in [-0.1, -0.05) is 19.9 Å². The van der Waals surface area contributed by atoms with E-state index in [0.29, 0.717) is 6.54 Å². The van der Waals surface area contributed by atoms with Gasteiger partial charge in [-0.25, -0.2) is 4.79 Å². The molecule has 0 N–H and O–H groups in total. The number of ether oxygens (including phenoxy) is 1. The highest BCUT2D eigenvalue weighted by molar-refractivity contribution is 7.08. The smallest absolute Gasteiger partial charge is 0.349 e. The Labute approximate surface area is 120 Å². The number of nitrogens with zero attached hydrogens (tertiary/aromatic N) is 3. The van der Waals surface area contributed by atoms with E-state index in [4.69, 9.17) is 0 Å². The van der Waals surface area contributed by atoms with Gasteiger partial charge in [0, 0.05) is 12.3 Å². The third-order valence-corrected chi connectivity index (χ3v) is 3.00. The van der Waals surface area contributed by atoms with Crippen molar-refractivity contribution in [3.63, 3.8) is 0 Å². The number of aromatic nitrogens is 1. The lowest BCUT2D eigenvalue weighted by Gasteiger charge is -2.03. The molecule has 6 nitrogen and oxygen atoms in total. The van der Waals surface area contributed by atoms with E-state index in [2.05, 4.69) is 21.4 Å². The Bertz CT molecular complexity index is 641. The average Bonchev–Trinajstić information content (AvgIpc) is 2.42. The molecule has 0 radical (unpaired) electrons. The van der Waals surface area contributed by atoms with E-state index in [-0.39, 0.29) is 21.7 Å². The Kier molecular flexibility index (Phi) is 6.05. The van der Waals surface area contributed by atoms with E-state index in [1.54, 1.807) is 12.3 Å². The van der Waals surface area contributed by atoms with E-state index >= 15 is 0 Å². The molecule has 0 bridgehead atoms. The van der Waals surface area contributed by atoms with Crippen LogP contribution in [0.25, 0.3) is 0 Å². The second-order valence-electron chi connectivity index (χ2n) is 4.19. The van der Waals surface area contributed by atoms with Gasteiger partial charge < -0.3 is 4.74 Å². The summed E-state index contributed by atoms with van der Waals surface area (Å²) in [7, 11) is 1.26. The van der Waals surface area contributed by atoms with Crippen LogP contribution in [-0.2, 0) is 4.74 Å². The molecule has 0 unspecified atom stereocenters. The van der Waals surface area contributed by atoms with Crippen molar-refractivity contribution in [3.8, 4) is 0 Å². The highest BCUT2D eigenvalue weighted by Crippen LogP contribution is 2.04. The van der Waals surface area contributed by atoms with Gasteiger partial charge in [0.25, 0.3) is 0 Å². The van der Waals surface area contributed by atoms with Crippen LogP contribution in [0.4, 0.5) is 0 Å². The van der Waals surface area contributed by atoms with Gasteiger partial charge in [0.15, 0.2) is 0 Å². The van der Waals surface area contributed by atoms with Gasteiger partial charge in [0.2, 0.25) is 10.9 Å². The Morgan fingerprint density at radius 2 is 2.30 bits per heavy atom. The highest BCUT2D eigenvalue weighted by atomic mass is 32.1. The summed E-state index contributed by atoms with van der Waals surface area (Å²) in [6.45, 7) is 7.77. The summed E-state index contributed by atoms with van der Waals surface area (Å²) in [5.41, 5.74) is -0.216. The molecule has 1 heterocycles. The first-order valence-electron chi connectivity index (χ1n) is 6.01. The molecule has 1 rings (SSSR count). The van der Waals surface area contributed by atoms with Gasteiger partial charge in [-0.15, -0.1) is 6.58 Å². The van der Waals surface area contributed by atoms with Crippen molar-refractivity contribution in [3.05, 3.63) is 39.3 Å². The summed E-state index contributed by atoms with van der Waals surface area (Å²) in [4.78, 5) is 27.8. The third-order valence-electron chi connectivity index (χ3n) is 2.08. The standard InChI is InChI=1S/C13H17N3O3S/c1-5-6-14-12-10(17)7-11(13(18)19-4)20-16(12)15-8-9(2)3/h5,7-9H,1,6H2,2-4H3/b14-12?,15-8+. The van der Waals surface area contributed by atoms with E-state index in [9.17, 15) is 9.59 Å². The summed E-state index contributed by atoms with van der Waals surface area (Å²) in [5.74, 6) is -0.366. The number of carbonyl (C=O) groups excluding carboxylic acids is 1. The Morgan fingerprint density at radius 1 is 1.60 bits per heavy atom. The molecule has 0 spiro atoms. The number of hydrogen-bond acceptors (Lipinski definition) is 6. The second-order valence-corrected chi connectivity index (χ2v) is 5.16. The molecular formula is C13H17N3O3S. The monoisotopic (exact) mass is 295 g/mol. The zero-order chi connectivity index (χ0) is 15.1. The van der Waals surface area contributed by atoms with Gasteiger partial charge >= 0.3 is 5.97 Å². The molecule has 20 heavy (non-hydrogen) atoms. The number of esters is 1. The molecule has 0 saturated carbocycles. The maximum Gasteiger partial charge on any atom is 0.349 e. The van der Waals surface area contributed by atoms with E-state index in [1.165, 1.54) is 17.2 Å². The topological polar surface area (TPSA) is 73.0 Å². The predicted octanol–water partition coefficient (Wildman–Crippen LogP) is 1.27. The van der Waals surface area contributed by atoms with Gasteiger partial charge in [-0.3, -0.25) is 9.79 Å². The molecule has 0 aliphatic carbocycles. The Morgan fingerprint density at radius 3 is 2.85 bits per heavy atom. The molecule has 1 aromatic heterocycles. The summed E-state index contributed by atoms with van der Waals surface area (Å²) in [5, 5.41) is 4.17. The Balaban J connectivity index is 3.47. The number of hydrogen-bond donors (Lipinski definition) is 0. The molecule has 0 aliphatic heterocycles. The minimum atomic E-state index is -0.573. The van der Waals surface area contributed by atoms with E-state index < -0.39 is 5.97 Å². The largest absolute Gasteiger partial charge is 0.465 e. The fourth-order valence-electron chi connectivity index (χ4n) is 1.20. The van der Waals surface area contributed by atoms with Crippen LogP contribution in [-0.4, -0.2) is 29.9 Å². The lowest BCUT2D eigenvalue weighted by molar-refractivity contribution is 0.0605. The van der Waals surface area contributed by atoms with Gasteiger partial charge in [-0.2, -0.15) is 9.17 Å². The quantitative estimate of drug-likeness (QED) is 0.466. The third kappa shape index (κ3) is 4.27. The van der Waals surface area contributed by atoms with Crippen molar-refractivity contribution in [2.75, 3.05) is 13.7 Å². The average molecular weight is 295 g/mol. The van der Waals surface area contributed by atoms with E-state index in [0.717, 1.165) is 11.5 Å². The minimum absolute atomic E-state index is 0.166. The lowest BCUT2D eigenvalue weighted by atomic mass is 10.3. The minimum Gasteiger partial charge on any atom is -0.465 e. The fraction of sp³-hybridized carbons (Fsp3) is 0.385. The molecule has 108 valence electrons. The molecule has 0 aliphatic rings. The first kappa shape index (κ1) is 16.0. The van der Waals surface area contributed by atoms with Crippen molar-refractivity contribution < 1.29 is 9.53 Å². The number of carbonyl (C=O) groups is 1. The maximum absolute atomic E-state index is 12.0. The second kappa shape index (κ2) is 7.54. The first-order valence-corrected chi connectivity index (χ1v) is 6.78. The molecule has 0 fully saturated rings. The van der Waals surface area contributed by atoms with Gasteiger partial charge in [0.05, 0.1) is 13.7 Å². The van der Waals surface area contributed by atoms with Crippen molar-refractivity contribution >= 4 is 23.7 Å². The molecule has 0 atom stereocenters. The van der Waals surface area contributed by atoms with Crippen LogP contribution >= 0.6 is 11.5 Å². The van der Waals surface area contributed by atoms with Crippen LogP contribution in [0.3, 0.4) is 0 Å². The lowest BCUT2D eigenvalue weighted by Crippen LogP contribution is -2.33. The van der Waals surface area contributed by atoms with E-state index in [1.807, 2.05) is 13.8 Å². The molecule has 7 heteroatoms. The zero-order valence-electron chi connectivity index (χ0n) is 11.7. The highest BCUT2D eigenvalue weighted by Gasteiger charge is 2.11. The molecule has 0 aromatic carbocycles. The van der Waals surface area contributed by atoms with Crippen LogP contribution in [0.2, 0.25) is 0 Å². The summed E-state index contributed by atoms with van der Waals surface area (Å²) >= 11 is 1.00. The first-order chi connectivity index (χ1) is 9.49. The van der Waals surface area contributed by atoms with Crippen LogP contribution in [0.5, 0.6) is 0 Å². The van der Waals surface area contributed by atoms with Gasteiger partial charge in [0.1, 0.15) is 4.88 Å². The van der Waals surface area contributed by atoms with Crippen LogP contribution in [0, 0.1) is 5.92 Å². The number of rotatable bonds is 5. The van der Waals surface area contributed by atoms with Crippen LogP contribution in [0.15, 0.2) is 33.6 Å². The SMILES string of the molecule is C=CCN=c1c(=O)cc(C(=O)OC)sn1/N=C/C(C)C. The van der Waals surface area contributed by atoms with Crippen LogP contribution < -0.4 is 10.9 Å². The van der Waals surface area contributed by atoms with Crippen LogP contribution in [0.1, 0.15) is 23.5 Å². The van der Waals surface area contributed by atoms with Crippen molar-refractivity contribution in [2.45, 2.75) is 13.8 Å². The summed E-state index contributed by atoms with van der Waals surface area (Å²) in [6.07, 6.45) is 3.25.